The number of nitriles is 1. The molecule has 1 aliphatic heterocycles. The van der Waals surface area contributed by atoms with E-state index in [2.05, 4.69) is 6.07 Å². The SMILES string of the molecule is CCC(C)(C#N)C(=O)N1CCC[C@H]2CCCC[C@H]21. The summed E-state index contributed by atoms with van der Waals surface area (Å²) in [5, 5.41) is 9.28. The van der Waals surface area contributed by atoms with Gasteiger partial charge < -0.3 is 4.90 Å². The van der Waals surface area contributed by atoms with Crippen LogP contribution in [0.4, 0.5) is 0 Å². The van der Waals surface area contributed by atoms with Crippen LogP contribution in [-0.2, 0) is 4.79 Å². The summed E-state index contributed by atoms with van der Waals surface area (Å²) in [5.41, 5.74) is -0.820. The quantitative estimate of drug-likeness (QED) is 0.753. The van der Waals surface area contributed by atoms with Gasteiger partial charge in [-0.2, -0.15) is 5.26 Å². The normalized spacial score (nSPS) is 31.1. The Balaban J connectivity index is 2.16. The summed E-state index contributed by atoms with van der Waals surface area (Å²) in [7, 11) is 0. The van der Waals surface area contributed by atoms with Crippen molar-refractivity contribution in [3.05, 3.63) is 0 Å². The summed E-state index contributed by atoms with van der Waals surface area (Å²) in [6.45, 7) is 4.59. The maximum Gasteiger partial charge on any atom is 0.243 e. The first kappa shape index (κ1) is 13.4. The summed E-state index contributed by atoms with van der Waals surface area (Å²) in [6, 6.07) is 2.65. The van der Waals surface area contributed by atoms with Gasteiger partial charge in [-0.3, -0.25) is 4.79 Å². The molecule has 1 saturated carbocycles. The van der Waals surface area contributed by atoms with E-state index in [1.165, 1.54) is 25.7 Å². The largest absolute Gasteiger partial charge is 0.338 e. The van der Waals surface area contributed by atoms with Gasteiger partial charge in [0.25, 0.3) is 0 Å². The summed E-state index contributed by atoms with van der Waals surface area (Å²) in [5.74, 6) is 0.764. The molecule has 0 aromatic heterocycles. The van der Waals surface area contributed by atoms with E-state index in [0.29, 0.717) is 18.4 Å². The third kappa shape index (κ3) is 2.25. The lowest BCUT2D eigenvalue weighted by Gasteiger charge is -2.46. The van der Waals surface area contributed by atoms with Crippen LogP contribution >= 0.6 is 0 Å². The van der Waals surface area contributed by atoms with Crippen LogP contribution in [0.5, 0.6) is 0 Å². The molecule has 100 valence electrons. The van der Waals surface area contributed by atoms with E-state index in [4.69, 9.17) is 0 Å². The zero-order valence-electron chi connectivity index (χ0n) is 11.6. The van der Waals surface area contributed by atoms with Crippen molar-refractivity contribution in [3.63, 3.8) is 0 Å². The number of carbonyl (C=O) groups excluding carboxylic acids is 1. The van der Waals surface area contributed by atoms with Gasteiger partial charge in [0.15, 0.2) is 0 Å². The average Bonchev–Trinajstić information content (AvgIpc) is 2.45. The molecule has 3 atom stereocenters. The highest BCUT2D eigenvalue weighted by Crippen LogP contribution is 2.37. The molecule has 0 aromatic rings. The zero-order chi connectivity index (χ0) is 13.2. The number of likely N-dealkylation sites (tertiary alicyclic amines) is 1. The van der Waals surface area contributed by atoms with Crippen LogP contribution in [-0.4, -0.2) is 23.4 Å². The zero-order valence-corrected chi connectivity index (χ0v) is 11.6. The summed E-state index contributed by atoms with van der Waals surface area (Å²) in [4.78, 5) is 14.7. The van der Waals surface area contributed by atoms with Crippen LogP contribution in [0.25, 0.3) is 0 Å². The molecule has 0 bridgehead atoms. The first-order valence-electron chi connectivity index (χ1n) is 7.34. The topological polar surface area (TPSA) is 44.1 Å². The van der Waals surface area contributed by atoms with Gasteiger partial charge in [0, 0.05) is 12.6 Å². The summed E-state index contributed by atoms with van der Waals surface area (Å²) < 4.78 is 0. The number of piperidine rings is 1. The fourth-order valence-corrected chi connectivity index (χ4v) is 3.47. The molecule has 0 aromatic carbocycles. The molecule has 0 N–H and O–H groups in total. The number of hydrogen-bond donors (Lipinski definition) is 0. The minimum atomic E-state index is -0.820. The monoisotopic (exact) mass is 248 g/mol. The van der Waals surface area contributed by atoms with Crippen molar-refractivity contribution in [2.45, 2.75) is 64.8 Å². The van der Waals surface area contributed by atoms with Gasteiger partial charge >= 0.3 is 0 Å². The van der Waals surface area contributed by atoms with E-state index >= 15 is 0 Å². The van der Waals surface area contributed by atoms with Gasteiger partial charge in [0.2, 0.25) is 5.91 Å². The highest BCUT2D eigenvalue weighted by atomic mass is 16.2. The smallest absolute Gasteiger partial charge is 0.243 e. The van der Waals surface area contributed by atoms with Gasteiger partial charge in [-0.05, 0) is 44.9 Å². The van der Waals surface area contributed by atoms with Crippen LogP contribution in [0.1, 0.15) is 58.8 Å². The van der Waals surface area contributed by atoms with E-state index in [0.717, 1.165) is 19.4 Å². The lowest BCUT2D eigenvalue weighted by Crippen LogP contribution is -2.53. The number of rotatable bonds is 2. The van der Waals surface area contributed by atoms with Crippen molar-refractivity contribution in [2.24, 2.45) is 11.3 Å². The Kier molecular flexibility index (Phi) is 3.94. The van der Waals surface area contributed by atoms with E-state index in [9.17, 15) is 10.1 Å². The molecular weight excluding hydrogens is 224 g/mol. The van der Waals surface area contributed by atoms with E-state index < -0.39 is 5.41 Å². The third-order valence-corrected chi connectivity index (χ3v) is 4.93. The molecule has 1 aliphatic carbocycles. The van der Waals surface area contributed by atoms with Gasteiger partial charge in [0.05, 0.1) is 6.07 Å². The molecule has 1 unspecified atom stereocenters. The molecule has 1 heterocycles. The first-order chi connectivity index (χ1) is 8.62. The Morgan fingerprint density at radius 1 is 1.33 bits per heavy atom. The van der Waals surface area contributed by atoms with Crippen molar-refractivity contribution in [1.82, 2.24) is 4.90 Å². The van der Waals surface area contributed by atoms with Gasteiger partial charge in [-0.1, -0.05) is 19.8 Å². The van der Waals surface area contributed by atoms with Crippen LogP contribution in [0.15, 0.2) is 0 Å². The maximum atomic E-state index is 12.6. The number of amides is 1. The third-order valence-electron chi connectivity index (χ3n) is 4.93. The Bertz CT molecular complexity index is 358. The van der Waals surface area contributed by atoms with Crippen LogP contribution in [0.3, 0.4) is 0 Å². The molecule has 2 aliphatic rings. The van der Waals surface area contributed by atoms with Crippen LogP contribution in [0.2, 0.25) is 0 Å². The number of fused-ring (bicyclic) bond motifs is 1. The van der Waals surface area contributed by atoms with Crippen molar-refractivity contribution in [1.29, 1.82) is 5.26 Å². The molecule has 1 amide bonds. The highest BCUT2D eigenvalue weighted by molar-refractivity contribution is 5.85. The van der Waals surface area contributed by atoms with E-state index in [1.807, 2.05) is 11.8 Å². The minimum Gasteiger partial charge on any atom is -0.338 e. The second-order valence-corrected chi connectivity index (χ2v) is 6.05. The average molecular weight is 248 g/mol. The molecule has 0 spiro atoms. The maximum absolute atomic E-state index is 12.6. The van der Waals surface area contributed by atoms with Crippen molar-refractivity contribution in [3.8, 4) is 6.07 Å². The summed E-state index contributed by atoms with van der Waals surface area (Å²) in [6.07, 6.45) is 7.94. The second-order valence-electron chi connectivity index (χ2n) is 6.05. The molecule has 2 rings (SSSR count). The number of hydrogen-bond acceptors (Lipinski definition) is 2. The van der Waals surface area contributed by atoms with E-state index in [-0.39, 0.29) is 5.91 Å². The van der Waals surface area contributed by atoms with Crippen LogP contribution < -0.4 is 0 Å². The van der Waals surface area contributed by atoms with Crippen molar-refractivity contribution >= 4 is 5.91 Å². The Labute approximate surface area is 110 Å². The molecule has 1 saturated heterocycles. The molecule has 3 nitrogen and oxygen atoms in total. The van der Waals surface area contributed by atoms with E-state index in [1.54, 1.807) is 6.92 Å². The number of carbonyl (C=O) groups is 1. The lowest BCUT2D eigenvalue weighted by atomic mass is 9.76. The Hall–Kier alpha value is -1.04. The van der Waals surface area contributed by atoms with Crippen molar-refractivity contribution < 1.29 is 4.79 Å². The predicted molar refractivity (Wildman–Crippen MR) is 70.7 cm³/mol. The summed E-state index contributed by atoms with van der Waals surface area (Å²) >= 11 is 0. The molecule has 2 fully saturated rings. The molecule has 18 heavy (non-hydrogen) atoms. The molecule has 3 heteroatoms. The Morgan fingerprint density at radius 3 is 2.67 bits per heavy atom. The lowest BCUT2D eigenvalue weighted by molar-refractivity contribution is -0.145. The van der Waals surface area contributed by atoms with Crippen molar-refractivity contribution in [2.75, 3.05) is 6.54 Å². The first-order valence-corrected chi connectivity index (χ1v) is 7.34. The van der Waals surface area contributed by atoms with Gasteiger partial charge in [-0.15, -0.1) is 0 Å². The standard InChI is InChI=1S/C15H24N2O/c1-3-15(2,11-16)14(18)17-10-6-8-12-7-4-5-9-13(12)17/h12-13H,3-10H2,1-2H3/t12-,13-,15?/m1/s1. The fraction of sp³-hybridized carbons (Fsp3) is 0.867. The minimum absolute atomic E-state index is 0.0732. The molecular formula is C15H24N2O. The fourth-order valence-electron chi connectivity index (χ4n) is 3.47. The van der Waals surface area contributed by atoms with Crippen LogP contribution in [0, 0.1) is 22.7 Å². The Morgan fingerprint density at radius 2 is 2.00 bits per heavy atom. The second kappa shape index (κ2) is 5.30. The predicted octanol–water partition coefficient (Wildman–Crippen LogP) is 3.11. The molecule has 0 radical (unpaired) electrons. The number of nitrogens with zero attached hydrogens (tertiary/aromatic N) is 2. The van der Waals surface area contributed by atoms with Gasteiger partial charge in [-0.25, -0.2) is 0 Å². The van der Waals surface area contributed by atoms with Gasteiger partial charge in [0.1, 0.15) is 5.41 Å². The highest BCUT2D eigenvalue weighted by Gasteiger charge is 2.42.